The molecule has 0 bridgehead atoms. The number of hydrogen-bond donors (Lipinski definition) is 2. The van der Waals surface area contributed by atoms with E-state index in [1.165, 1.54) is 10.8 Å². The fourth-order valence-electron chi connectivity index (χ4n) is 6.55. The molecule has 3 N–H and O–H groups in total. The Morgan fingerprint density at radius 2 is 1.49 bits per heavy atom. The van der Waals surface area contributed by atoms with E-state index in [9.17, 15) is 9.59 Å². The molecule has 1 saturated heterocycles. The van der Waals surface area contributed by atoms with Crippen LogP contribution in [0.25, 0.3) is 0 Å². The zero-order valence-corrected chi connectivity index (χ0v) is 33.5. The van der Waals surface area contributed by atoms with Crippen LogP contribution in [0, 0.1) is 0 Å². The summed E-state index contributed by atoms with van der Waals surface area (Å²) < 4.78 is 42.1. The maximum Gasteiger partial charge on any atom is 0.330 e. The predicted molar refractivity (Wildman–Crippen MR) is 209 cm³/mol. The molecule has 5 rings (SSSR count). The Kier molecular flexibility index (Phi) is 14.4. The maximum absolute atomic E-state index is 13.1. The summed E-state index contributed by atoms with van der Waals surface area (Å²) in [4.78, 5) is 27.8. The van der Waals surface area contributed by atoms with Gasteiger partial charge in [0.1, 0.15) is 29.4 Å². The van der Waals surface area contributed by atoms with E-state index < -0.39 is 43.8 Å². The number of H-pyrrole nitrogens is 1. The second-order valence-electron chi connectivity index (χ2n) is 13.2. The van der Waals surface area contributed by atoms with Gasteiger partial charge in [0.05, 0.1) is 38.0 Å². The molecule has 12 nitrogen and oxygen atoms in total. The molecule has 14 heteroatoms. The van der Waals surface area contributed by atoms with Gasteiger partial charge in [-0.15, -0.1) is 0 Å². The third kappa shape index (κ3) is 9.47. The number of nitrogens with one attached hydrogen (secondary N) is 1. The van der Waals surface area contributed by atoms with Crippen molar-refractivity contribution in [3.05, 3.63) is 127 Å². The van der Waals surface area contributed by atoms with Crippen LogP contribution in [-0.4, -0.2) is 72.5 Å². The molecule has 4 atom stereocenters. The largest absolute Gasteiger partial charge is 0.497 e. The molecule has 3 aromatic carbocycles. The number of benzene rings is 3. The number of aromatic nitrogens is 2. The number of nitrogens with zero attached hydrogens (tertiary/aromatic N) is 2. The van der Waals surface area contributed by atoms with Crippen LogP contribution in [0.3, 0.4) is 0 Å². The fourth-order valence-corrected chi connectivity index (χ4v) is 8.67. The van der Waals surface area contributed by atoms with Gasteiger partial charge in [-0.1, -0.05) is 54.6 Å². The Morgan fingerprint density at radius 1 is 0.925 bits per heavy atom. The second-order valence-corrected chi connectivity index (χ2v) is 15.5. The first-order chi connectivity index (χ1) is 25.5. The lowest BCUT2D eigenvalue weighted by Crippen LogP contribution is -2.39. The van der Waals surface area contributed by atoms with E-state index >= 15 is 0 Å². The number of hydrogen-bond acceptors (Lipinski definition) is 10. The highest BCUT2D eigenvalue weighted by atomic mass is 79.9. The Labute approximate surface area is 320 Å². The lowest BCUT2D eigenvalue weighted by molar-refractivity contribution is -0.0926. The molecule has 0 radical (unpaired) electrons. The first-order valence-electron chi connectivity index (χ1n) is 17.7. The molecule has 0 aliphatic carbocycles. The fraction of sp³-hybridized carbons (Fsp3) is 0.436. The van der Waals surface area contributed by atoms with Crippen LogP contribution >= 0.6 is 24.5 Å². The van der Waals surface area contributed by atoms with E-state index in [2.05, 4.69) is 53.3 Å². The average Bonchev–Trinajstić information content (AvgIpc) is 3.56. The third-order valence-corrected chi connectivity index (χ3v) is 11.8. The van der Waals surface area contributed by atoms with Crippen molar-refractivity contribution in [3.63, 3.8) is 0 Å². The lowest BCUT2D eigenvalue weighted by Gasteiger charge is -2.39. The standard InChI is InChI=1S/C39H50BrN4O8P/c1-26(2)44(27(3)4)53(50-22-10-21-41)52-34-23-36(43-24-33(40)37(45)42-38(43)46)51-35(34)25-49-39(28-11-8-7-9-12-28,29-13-17-31(47-5)18-14-29)30-15-19-32(48-6)20-16-30/h7-9,11-20,24,26-27,34-36H,10,21-23,25,41H2,1-6H3,(H,42,45,46). The van der Waals surface area contributed by atoms with E-state index in [-0.39, 0.29) is 23.2 Å². The predicted octanol–water partition coefficient (Wildman–Crippen LogP) is 6.71. The number of aromatic amines is 1. The molecular weight excluding hydrogens is 763 g/mol. The summed E-state index contributed by atoms with van der Waals surface area (Å²) in [6.45, 7) is 9.39. The number of nitrogens with two attached hydrogens (primary N) is 1. The zero-order chi connectivity index (χ0) is 38.1. The molecule has 53 heavy (non-hydrogen) atoms. The van der Waals surface area contributed by atoms with Gasteiger partial charge in [0.25, 0.3) is 14.1 Å². The average molecular weight is 814 g/mol. The van der Waals surface area contributed by atoms with Crippen molar-refractivity contribution >= 4 is 24.5 Å². The Balaban J connectivity index is 1.60. The van der Waals surface area contributed by atoms with Crippen molar-refractivity contribution in [1.82, 2.24) is 14.2 Å². The van der Waals surface area contributed by atoms with Crippen LogP contribution in [0.5, 0.6) is 11.5 Å². The van der Waals surface area contributed by atoms with Gasteiger partial charge in [0.15, 0.2) is 0 Å². The molecule has 1 aliphatic rings. The van der Waals surface area contributed by atoms with Crippen LogP contribution in [-0.2, 0) is 24.1 Å². The summed E-state index contributed by atoms with van der Waals surface area (Å²) in [6, 6.07) is 25.8. The molecule has 0 spiro atoms. The number of ether oxygens (including phenoxy) is 4. The minimum absolute atomic E-state index is 0.0583. The van der Waals surface area contributed by atoms with E-state index in [1.807, 2.05) is 78.9 Å². The van der Waals surface area contributed by atoms with Gasteiger partial charge in [0, 0.05) is 24.7 Å². The van der Waals surface area contributed by atoms with Gasteiger partial charge in [-0.05, 0) is 97.5 Å². The summed E-state index contributed by atoms with van der Waals surface area (Å²) in [5.41, 5.74) is 6.21. The summed E-state index contributed by atoms with van der Waals surface area (Å²) in [6.07, 6.45) is 0.411. The normalized spacial score (nSPS) is 18.2. The van der Waals surface area contributed by atoms with E-state index in [0.717, 1.165) is 16.7 Å². The highest BCUT2D eigenvalue weighted by molar-refractivity contribution is 9.10. The van der Waals surface area contributed by atoms with Crippen LogP contribution in [0.4, 0.5) is 0 Å². The van der Waals surface area contributed by atoms with Crippen molar-refractivity contribution in [2.45, 2.75) is 76.7 Å². The van der Waals surface area contributed by atoms with Crippen LogP contribution in [0.1, 0.15) is 63.5 Å². The minimum atomic E-state index is -1.58. The Hall–Kier alpha value is -3.39. The van der Waals surface area contributed by atoms with Gasteiger partial charge in [-0.3, -0.25) is 14.3 Å². The summed E-state index contributed by atoms with van der Waals surface area (Å²) in [5.74, 6) is 1.42. The molecule has 4 aromatic rings. The molecule has 0 amide bonds. The third-order valence-electron chi connectivity index (χ3n) is 9.08. The number of rotatable bonds is 18. The monoisotopic (exact) mass is 812 g/mol. The molecule has 1 aliphatic heterocycles. The highest BCUT2D eigenvalue weighted by Gasteiger charge is 2.45. The van der Waals surface area contributed by atoms with Crippen LogP contribution in [0.2, 0.25) is 0 Å². The molecule has 1 fully saturated rings. The number of halogens is 1. The Bertz CT molecular complexity index is 1800. The summed E-state index contributed by atoms with van der Waals surface area (Å²) >= 11 is 3.27. The quantitative estimate of drug-likeness (QED) is 0.0634. The highest BCUT2D eigenvalue weighted by Crippen LogP contribution is 2.50. The summed E-state index contributed by atoms with van der Waals surface area (Å²) in [7, 11) is 1.68. The van der Waals surface area contributed by atoms with Gasteiger partial charge in [0.2, 0.25) is 0 Å². The first-order valence-corrected chi connectivity index (χ1v) is 19.7. The molecule has 1 aromatic heterocycles. The SMILES string of the molecule is COc1ccc(C(OCC2OC(n3cc(Br)c(=O)[nH]c3=O)CC2OP(OCCCN)N(C(C)C)C(C)C)(c2ccccc2)c2ccc(OC)cc2)cc1. The van der Waals surface area contributed by atoms with Gasteiger partial charge < -0.3 is 33.7 Å². The molecular formula is C39H50BrN4O8P. The van der Waals surface area contributed by atoms with Crippen molar-refractivity contribution in [3.8, 4) is 11.5 Å². The van der Waals surface area contributed by atoms with Crippen molar-refractivity contribution in [2.24, 2.45) is 5.73 Å². The van der Waals surface area contributed by atoms with Gasteiger partial charge in [-0.25, -0.2) is 9.46 Å². The first kappa shape index (κ1) is 40.8. The van der Waals surface area contributed by atoms with Crippen LogP contribution < -0.4 is 26.5 Å². The number of methoxy groups -OCH3 is 2. The molecule has 4 unspecified atom stereocenters. The van der Waals surface area contributed by atoms with Crippen molar-refractivity contribution in [2.75, 3.05) is 34.0 Å². The van der Waals surface area contributed by atoms with E-state index in [1.54, 1.807) is 14.2 Å². The molecule has 0 saturated carbocycles. The second kappa shape index (κ2) is 18.8. The minimum Gasteiger partial charge on any atom is -0.497 e. The zero-order valence-electron chi connectivity index (χ0n) is 31.1. The lowest BCUT2D eigenvalue weighted by atomic mass is 9.80. The van der Waals surface area contributed by atoms with E-state index in [4.69, 9.17) is 33.7 Å². The maximum atomic E-state index is 13.1. The Morgan fingerprint density at radius 3 is 2.02 bits per heavy atom. The smallest absolute Gasteiger partial charge is 0.330 e. The molecule has 286 valence electrons. The van der Waals surface area contributed by atoms with E-state index in [0.29, 0.717) is 37.5 Å². The van der Waals surface area contributed by atoms with Crippen molar-refractivity contribution < 1.29 is 28.0 Å². The van der Waals surface area contributed by atoms with Crippen LogP contribution in [0.15, 0.2) is 99.1 Å². The van der Waals surface area contributed by atoms with Crippen molar-refractivity contribution in [1.29, 1.82) is 0 Å². The van der Waals surface area contributed by atoms with Gasteiger partial charge in [-0.2, -0.15) is 0 Å². The topological polar surface area (TPSA) is 140 Å². The van der Waals surface area contributed by atoms with Gasteiger partial charge >= 0.3 is 5.69 Å². The summed E-state index contributed by atoms with van der Waals surface area (Å²) in [5, 5.41) is 0. The molecule has 2 heterocycles.